The van der Waals surface area contributed by atoms with Gasteiger partial charge >= 0.3 is 0 Å². The fourth-order valence-corrected chi connectivity index (χ4v) is 1.11. The number of hydrogen-bond acceptors (Lipinski definition) is 2. The molecule has 0 aliphatic rings. The van der Waals surface area contributed by atoms with E-state index in [9.17, 15) is 0 Å². The molecule has 0 aliphatic heterocycles. The minimum Gasteiger partial charge on any atom is -0.387 e. The summed E-state index contributed by atoms with van der Waals surface area (Å²) in [6, 6.07) is 0.356. The van der Waals surface area contributed by atoms with E-state index >= 15 is 0 Å². The molecule has 0 rings (SSSR count). The third-order valence-electron chi connectivity index (χ3n) is 1.89. The Morgan fingerprint density at radius 2 is 2.08 bits per heavy atom. The molecular formula is C10H23N3. The molecule has 1 atom stereocenters. The molecule has 78 valence electrons. The van der Waals surface area contributed by atoms with Crippen LogP contribution >= 0.6 is 0 Å². The summed E-state index contributed by atoms with van der Waals surface area (Å²) in [7, 11) is 4.15. The van der Waals surface area contributed by atoms with Gasteiger partial charge in [-0.15, -0.1) is 0 Å². The highest BCUT2D eigenvalue weighted by atomic mass is 15.1. The van der Waals surface area contributed by atoms with Gasteiger partial charge in [0.2, 0.25) is 0 Å². The van der Waals surface area contributed by atoms with E-state index in [1.165, 1.54) is 0 Å². The van der Waals surface area contributed by atoms with Gasteiger partial charge in [-0.25, -0.2) is 0 Å². The first-order chi connectivity index (χ1) is 6.06. The predicted molar refractivity (Wildman–Crippen MR) is 59.2 cm³/mol. The molecule has 2 N–H and O–H groups in total. The molecule has 0 aromatic rings. The molecule has 0 bridgehead atoms. The van der Waals surface area contributed by atoms with Crippen molar-refractivity contribution in [2.75, 3.05) is 20.6 Å². The van der Waals surface area contributed by atoms with Crippen molar-refractivity contribution in [2.45, 2.75) is 39.2 Å². The topological polar surface area (TPSA) is 41.6 Å². The van der Waals surface area contributed by atoms with Crippen molar-refractivity contribution in [1.29, 1.82) is 0 Å². The summed E-state index contributed by atoms with van der Waals surface area (Å²) >= 11 is 0. The lowest BCUT2D eigenvalue weighted by atomic mass is 10.2. The van der Waals surface area contributed by atoms with E-state index in [0.717, 1.165) is 31.6 Å². The Hall–Kier alpha value is -0.570. The number of hydrogen-bond donors (Lipinski definition) is 1. The highest BCUT2D eigenvalue weighted by Gasteiger charge is 2.00. The Bertz CT molecular complexity index is 152. The van der Waals surface area contributed by atoms with Gasteiger partial charge in [0, 0.05) is 6.42 Å². The van der Waals surface area contributed by atoms with Crippen molar-refractivity contribution in [1.82, 2.24) is 4.90 Å². The van der Waals surface area contributed by atoms with Crippen LogP contribution in [0.25, 0.3) is 0 Å². The summed E-state index contributed by atoms with van der Waals surface area (Å²) in [6.07, 6.45) is 3.08. The van der Waals surface area contributed by atoms with Crippen LogP contribution in [0.2, 0.25) is 0 Å². The van der Waals surface area contributed by atoms with E-state index in [0.29, 0.717) is 6.04 Å². The average Bonchev–Trinajstić information content (AvgIpc) is 2.01. The number of aliphatic imine (C=N–C) groups is 1. The standard InChI is InChI=1S/C10H23N3/c1-5-6-10(11)12-9(2)7-8-13(3)4/h9H,5-8H2,1-4H3,(H2,11,12). The summed E-state index contributed by atoms with van der Waals surface area (Å²) < 4.78 is 0. The van der Waals surface area contributed by atoms with E-state index in [-0.39, 0.29) is 0 Å². The van der Waals surface area contributed by atoms with Gasteiger partial charge < -0.3 is 10.6 Å². The average molecular weight is 185 g/mol. The van der Waals surface area contributed by atoms with Crippen molar-refractivity contribution in [3.63, 3.8) is 0 Å². The van der Waals surface area contributed by atoms with Crippen LogP contribution in [0.4, 0.5) is 0 Å². The smallest absolute Gasteiger partial charge is 0.0940 e. The molecule has 1 unspecified atom stereocenters. The van der Waals surface area contributed by atoms with Gasteiger partial charge in [-0.2, -0.15) is 0 Å². The molecule has 3 nitrogen and oxygen atoms in total. The maximum Gasteiger partial charge on any atom is 0.0940 e. The Morgan fingerprint density at radius 1 is 1.46 bits per heavy atom. The maximum absolute atomic E-state index is 5.73. The van der Waals surface area contributed by atoms with Crippen molar-refractivity contribution in [3.05, 3.63) is 0 Å². The molecule has 0 amide bonds. The van der Waals surface area contributed by atoms with E-state index in [4.69, 9.17) is 5.73 Å². The molecule has 0 saturated carbocycles. The van der Waals surface area contributed by atoms with Gasteiger partial charge in [0.05, 0.1) is 11.9 Å². The number of nitrogens with zero attached hydrogens (tertiary/aromatic N) is 2. The maximum atomic E-state index is 5.73. The first-order valence-corrected chi connectivity index (χ1v) is 5.03. The van der Waals surface area contributed by atoms with Crippen LogP contribution in [0.5, 0.6) is 0 Å². The quantitative estimate of drug-likeness (QED) is 0.503. The molecule has 0 heterocycles. The highest BCUT2D eigenvalue weighted by Crippen LogP contribution is 1.99. The molecular weight excluding hydrogens is 162 g/mol. The van der Waals surface area contributed by atoms with Crippen LogP contribution in [0.3, 0.4) is 0 Å². The van der Waals surface area contributed by atoms with Gasteiger partial charge in [-0.1, -0.05) is 6.92 Å². The van der Waals surface area contributed by atoms with Gasteiger partial charge in [-0.05, 0) is 40.4 Å². The van der Waals surface area contributed by atoms with Crippen LogP contribution in [-0.2, 0) is 0 Å². The molecule has 0 aliphatic carbocycles. The van der Waals surface area contributed by atoms with Crippen LogP contribution in [0, 0.1) is 0 Å². The number of nitrogens with two attached hydrogens (primary N) is 1. The van der Waals surface area contributed by atoms with Crippen molar-refractivity contribution < 1.29 is 0 Å². The van der Waals surface area contributed by atoms with Crippen LogP contribution < -0.4 is 5.73 Å². The molecule has 0 fully saturated rings. The minimum absolute atomic E-state index is 0.356. The second kappa shape index (κ2) is 6.89. The van der Waals surface area contributed by atoms with Crippen LogP contribution in [0.1, 0.15) is 33.1 Å². The summed E-state index contributed by atoms with van der Waals surface area (Å²) in [5, 5.41) is 0. The molecule has 13 heavy (non-hydrogen) atoms. The lowest BCUT2D eigenvalue weighted by molar-refractivity contribution is 0.386. The Morgan fingerprint density at radius 3 is 2.54 bits per heavy atom. The summed E-state index contributed by atoms with van der Waals surface area (Å²) in [5.41, 5.74) is 5.73. The minimum atomic E-state index is 0.356. The van der Waals surface area contributed by atoms with Crippen LogP contribution in [0.15, 0.2) is 4.99 Å². The van der Waals surface area contributed by atoms with Gasteiger partial charge in [0.1, 0.15) is 0 Å². The Labute approximate surface area is 82.0 Å². The molecule has 0 radical (unpaired) electrons. The largest absolute Gasteiger partial charge is 0.387 e. The molecule has 0 aromatic heterocycles. The lowest BCUT2D eigenvalue weighted by Gasteiger charge is -2.12. The number of rotatable bonds is 6. The second-order valence-corrected chi connectivity index (χ2v) is 3.81. The normalized spacial score (nSPS) is 15.0. The third kappa shape index (κ3) is 7.78. The first-order valence-electron chi connectivity index (χ1n) is 5.03. The van der Waals surface area contributed by atoms with Gasteiger partial charge in [0.25, 0.3) is 0 Å². The zero-order valence-electron chi connectivity index (χ0n) is 9.38. The monoisotopic (exact) mass is 185 g/mol. The highest BCUT2D eigenvalue weighted by molar-refractivity contribution is 5.80. The zero-order valence-corrected chi connectivity index (χ0v) is 9.38. The van der Waals surface area contributed by atoms with Gasteiger partial charge in [-0.3, -0.25) is 4.99 Å². The number of amidine groups is 1. The predicted octanol–water partition coefficient (Wildman–Crippen LogP) is 1.48. The lowest BCUT2D eigenvalue weighted by Crippen LogP contribution is -2.20. The van der Waals surface area contributed by atoms with E-state index in [2.05, 4.69) is 37.8 Å². The molecule has 0 spiro atoms. The zero-order chi connectivity index (χ0) is 10.3. The van der Waals surface area contributed by atoms with Crippen molar-refractivity contribution in [3.8, 4) is 0 Å². The second-order valence-electron chi connectivity index (χ2n) is 3.81. The molecule has 0 saturated heterocycles. The van der Waals surface area contributed by atoms with E-state index in [1.807, 2.05) is 0 Å². The Balaban J connectivity index is 3.70. The SMILES string of the molecule is CCCC(N)=NC(C)CCN(C)C. The first kappa shape index (κ1) is 12.4. The van der Waals surface area contributed by atoms with Gasteiger partial charge in [0.15, 0.2) is 0 Å². The summed E-state index contributed by atoms with van der Waals surface area (Å²) in [6.45, 7) is 5.31. The van der Waals surface area contributed by atoms with Crippen LogP contribution in [-0.4, -0.2) is 37.4 Å². The summed E-state index contributed by atoms with van der Waals surface area (Å²) in [4.78, 5) is 6.58. The molecule has 3 heteroatoms. The third-order valence-corrected chi connectivity index (χ3v) is 1.89. The fourth-order valence-electron chi connectivity index (χ4n) is 1.11. The fraction of sp³-hybridized carbons (Fsp3) is 0.900. The Kier molecular flexibility index (Phi) is 6.59. The van der Waals surface area contributed by atoms with Crippen molar-refractivity contribution in [2.24, 2.45) is 10.7 Å². The summed E-state index contributed by atoms with van der Waals surface area (Å²) in [5.74, 6) is 0.800. The van der Waals surface area contributed by atoms with Crippen molar-refractivity contribution >= 4 is 5.84 Å². The van der Waals surface area contributed by atoms with E-state index in [1.54, 1.807) is 0 Å². The molecule has 0 aromatic carbocycles. The van der Waals surface area contributed by atoms with E-state index < -0.39 is 0 Å².